The molecule has 0 aliphatic rings. The summed E-state index contributed by atoms with van der Waals surface area (Å²) in [6.45, 7) is 3.70. The zero-order chi connectivity index (χ0) is 19.6. The quantitative estimate of drug-likeness (QED) is 0.705. The van der Waals surface area contributed by atoms with Crippen molar-refractivity contribution >= 4 is 17.0 Å². The molecule has 0 atom stereocenters. The number of aromatic hydroxyl groups is 1. The molecule has 27 heavy (non-hydrogen) atoms. The number of ether oxygens (including phenoxy) is 1. The fourth-order valence-electron chi connectivity index (χ4n) is 2.77. The summed E-state index contributed by atoms with van der Waals surface area (Å²) in [4.78, 5) is 33.2. The molecule has 3 aromatic heterocycles. The maximum absolute atomic E-state index is 12.6. The minimum Gasteiger partial charge on any atom is -0.506 e. The molecule has 0 saturated carbocycles. The van der Waals surface area contributed by atoms with Crippen LogP contribution in [0.1, 0.15) is 29.8 Å². The molecule has 1 N–H and O–H groups in total. The van der Waals surface area contributed by atoms with Crippen molar-refractivity contribution in [3.05, 3.63) is 52.1 Å². The molecule has 136 valence electrons. The van der Waals surface area contributed by atoms with Crippen molar-refractivity contribution in [3.8, 4) is 23.1 Å². The highest BCUT2D eigenvalue weighted by atomic mass is 16.5. The van der Waals surface area contributed by atoms with Crippen LogP contribution in [0, 0.1) is 11.3 Å². The van der Waals surface area contributed by atoms with Crippen LogP contribution in [0.2, 0.25) is 0 Å². The summed E-state index contributed by atoms with van der Waals surface area (Å²) in [5.74, 6) is -1.35. The van der Waals surface area contributed by atoms with Crippen LogP contribution in [0.5, 0.6) is 5.75 Å². The minimum atomic E-state index is -0.883. The van der Waals surface area contributed by atoms with E-state index >= 15 is 0 Å². The average molecular weight is 364 g/mol. The number of pyridine rings is 3. The van der Waals surface area contributed by atoms with Gasteiger partial charge in [-0.2, -0.15) is 5.26 Å². The highest BCUT2D eigenvalue weighted by Gasteiger charge is 2.24. The summed E-state index contributed by atoms with van der Waals surface area (Å²) in [6.07, 6.45) is 2.95. The molecule has 3 heterocycles. The lowest BCUT2D eigenvalue weighted by Gasteiger charge is -2.13. The zero-order valence-corrected chi connectivity index (χ0v) is 14.8. The van der Waals surface area contributed by atoms with Crippen molar-refractivity contribution in [1.29, 1.82) is 5.26 Å². The molecule has 8 nitrogen and oxygen atoms in total. The predicted molar refractivity (Wildman–Crippen MR) is 97.2 cm³/mol. The Labute approximate surface area is 154 Å². The van der Waals surface area contributed by atoms with E-state index in [-0.39, 0.29) is 24.2 Å². The summed E-state index contributed by atoms with van der Waals surface area (Å²) in [7, 11) is 0. The molecule has 0 aliphatic heterocycles. The van der Waals surface area contributed by atoms with Crippen LogP contribution in [-0.4, -0.2) is 32.2 Å². The number of hydrogen-bond donors (Lipinski definition) is 1. The molecule has 0 fully saturated rings. The smallest absolute Gasteiger partial charge is 0.347 e. The molecule has 3 aromatic rings. The Kier molecular flexibility index (Phi) is 4.86. The fraction of sp³-hybridized carbons (Fsp3) is 0.211. The third-order valence-electron chi connectivity index (χ3n) is 4.06. The Morgan fingerprint density at radius 1 is 1.30 bits per heavy atom. The summed E-state index contributed by atoms with van der Waals surface area (Å²) in [6, 6.07) is 6.86. The number of aromatic nitrogens is 3. The van der Waals surface area contributed by atoms with Crippen LogP contribution in [-0.2, 0) is 11.3 Å². The third kappa shape index (κ3) is 3.11. The number of hydrogen-bond acceptors (Lipinski definition) is 7. The number of nitriles is 1. The molecule has 0 radical (unpaired) electrons. The number of esters is 1. The van der Waals surface area contributed by atoms with Crippen molar-refractivity contribution in [2.24, 2.45) is 0 Å². The van der Waals surface area contributed by atoms with Crippen LogP contribution in [0.3, 0.4) is 0 Å². The Morgan fingerprint density at radius 2 is 2.07 bits per heavy atom. The molecular weight excluding hydrogens is 348 g/mol. The maximum atomic E-state index is 12.6. The molecule has 0 amide bonds. The fourth-order valence-corrected chi connectivity index (χ4v) is 2.77. The maximum Gasteiger partial charge on any atom is 0.347 e. The number of nitrogens with zero attached hydrogens (tertiary/aromatic N) is 4. The van der Waals surface area contributed by atoms with Gasteiger partial charge in [0.15, 0.2) is 5.56 Å². The average Bonchev–Trinajstić information content (AvgIpc) is 2.68. The first kappa shape index (κ1) is 18.1. The van der Waals surface area contributed by atoms with E-state index in [1.807, 2.05) is 6.07 Å². The molecule has 0 aliphatic carbocycles. The van der Waals surface area contributed by atoms with Crippen LogP contribution in [0.4, 0.5) is 0 Å². The molecule has 0 unspecified atom stereocenters. The molecule has 8 heteroatoms. The lowest BCUT2D eigenvalue weighted by molar-refractivity contribution is 0.0520. The van der Waals surface area contributed by atoms with E-state index < -0.39 is 22.8 Å². The van der Waals surface area contributed by atoms with E-state index in [1.165, 1.54) is 17.0 Å². The van der Waals surface area contributed by atoms with Crippen molar-refractivity contribution in [2.45, 2.75) is 20.4 Å². The summed E-state index contributed by atoms with van der Waals surface area (Å²) >= 11 is 0. The van der Waals surface area contributed by atoms with Gasteiger partial charge in [0.25, 0.3) is 5.56 Å². The third-order valence-corrected chi connectivity index (χ3v) is 4.06. The lowest BCUT2D eigenvalue weighted by atomic mass is 10.1. The number of rotatable bonds is 4. The molecular formula is C19H16N4O4. The van der Waals surface area contributed by atoms with Gasteiger partial charge in [0.2, 0.25) is 0 Å². The van der Waals surface area contributed by atoms with E-state index in [0.29, 0.717) is 16.8 Å². The number of carbonyl (C=O) groups excluding carboxylic acids is 1. The second kappa shape index (κ2) is 7.25. The van der Waals surface area contributed by atoms with E-state index in [2.05, 4.69) is 9.97 Å². The number of aryl methyl sites for hydroxylation is 1. The van der Waals surface area contributed by atoms with Crippen LogP contribution < -0.4 is 5.56 Å². The van der Waals surface area contributed by atoms with Gasteiger partial charge >= 0.3 is 5.97 Å². The van der Waals surface area contributed by atoms with Gasteiger partial charge in [-0.3, -0.25) is 14.3 Å². The Morgan fingerprint density at radius 3 is 2.67 bits per heavy atom. The summed E-state index contributed by atoms with van der Waals surface area (Å²) < 4.78 is 6.21. The van der Waals surface area contributed by atoms with E-state index in [0.717, 1.165) is 0 Å². The Hall–Kier alpha value is -3.73. The van der Waals surface area contributed by atoms with Crippen molar-refractivity contribution in [1.82, 2.24) is 14.5 Å². The summed E-state index contributed by atoms with van der Waals surface area (Å²) in [5.41, 5.74) is 0.703. The Balaban J connectivity index is 2.27. The molecule has 0 spiro atoms. The normalized spacial score (nSPS) is 10.6. The number of carbonyl (C=O) groups is 1. The van der Waals surface area contributed by atoms with Crippen molar-refractivity contribution in [2.75, 3.05) is 6.61 Å². The van der Waals surface area contributed by atoms with Crippen LogP contribution in [0.15, 0.2) is 35.4 Å². The first-order valence-corrected chi connectivity index (χ1v) is 8.30. The van der Waals surface area contributed by atoms with Gasteiger partial charge in [0.1, 0.15) is 17.5 Å². The standard InChI is InChI=1S/C19H16N4O4/c1-3-23-17-13(16(24)15(18(23)25)19(26)27-4-2)7-12(10-22-17)14-6-5-11(8-20)9-21-14/h5-7,9-10,24H,3-4H2,1-2H3. The summed E-state index contributed by atoms with van der Waals surface area (Å²) in [5, 5.41) is 19.7. The zero-order valence-electron chi connectivity index (χ0n) is 14.8. The largest absolute Gasteiger partial charge is 0.506 e. The first-order valence-electron chi connectivity index (χ1n) is 8.30. The lowest BCUT2D eigenvalue weighted by Crippen LogP contribution is -2.28. The molecule has 3 rings (SSSR count). The topological polar surface area (TPSA) is 118 Å². The SMILES string of the molecule is CCOC(=O)c1c(O)c2cc(-c3ccc(C#N)cn3)cnc2n(CC)c1=O. The van der Waals surface area contributed by atoms with Crippen LogP contribution in [0.25, 0.3) is 22.3 Å². The van der Waals surface area contributed by atoms with Gasteiger partial charge in [-0.1, -0.05) is 0 Å². The predicted octanol–water partition coefficient (Wildman–Crippen LogP) is 2.23. The monoisotopic (exact) mass is 364 g/mol. The van der Waals surface area contributed by atoms with Gasteiger partial charge in [-0.05, 0) is 32.0 Å². The first-order chi connectivity index (χ1) is 13.0. The van der Waals surface area contributed by atoms with Crippen molar-refractivity contribution in [3.63, 3.8) is 0 Å². The molecule has 0 aromatic carbocycles. The number of fused-ring (bicyclic) bond motifs is 1. The van der Waals surface area contributed by atoms with Gasteiger partial charge in [-0.25, -0.2) is 9.78 Å². The van der Waals surface area contributed by atoms with Gasteiger partial charge < -0.3 is 9.84 Å². The van der Waals surface area contributed by atoms with E-state index in [9.17, 15) is 14.7 Å². The molecule has 0 saturated heterocycles. The molecule has 0 bridgehead atoms. The van der Waals surface area contributed by atoms with E-state index in [4.69, 9.17) is 10.00 Å². The van der Waals surface area contributed by atoms with Gasteiger partial charge in [0.05, 0.1) is 23.3 Å². The minimum absolute atomic E-state index is 0.0787. The van der Waals surface area contributed by atoms with E-state index in [1.54, 1.807) is 32.0 Å². The highest BCUT2D eigenvalue weighted by molar-refractivity contribution is 5.99. The van der Waals surface area contributed by atoms with Crippen LogP contribution >= 0.6 is 0 Å². The van der Waals surface area contributed by atoms with Crippen molar-refractivity contribution < 1.29 is 14.6 Å². The highest BCUT2D eigenvalue weighted by Crippen LogP contribution is 2.29. The van der Waals surface area contributed by atoms with Gasteiger partial charge in [-0.15, -0.1) is 0 Å². The second-order valence-corrected chi connectivity index (χ2v) is 5.63. The van der Waals surface area contributed by atoms with Gasteiger partial charge in [0, 0.05) is 24.5 Å². The second-order valence-electron chi connectivity index (χ2n) is 5.63. The Bertz CT molecular complexity index is 1130.